The van der Waals surface area contributed by atoms with E-state index in [0.717, 1.165) is 0 Å². The molecule has 1 aliphatic rings. The van der Waals surface area contributed by atoms with Crippen molar-refractivity contribution < 1.29 is 24.2 Å². The lowest BCUT2D eigenvalue weighted by atomic mass is 9.99. The number of benzene rings is 1. The second kappa shape index (κ2) is 4.44. The Balaban J connectivity index is 2.39. The van der Waals surface area contributed by atoms with E-state index >= 15 is 0 Å². The van der Waals surface area contributed by atoms with Crippen LogP contribution in [-0.2, 0) is 9.53 Å². The van der Waals surface area contributed by atoms with Gasteiger partial charge in [-0.15, -0.1) is 0 Å². The third kappa shape index (κ3) is 2.02. The molecule has 0 bridgehead atoms. The van der Waals surface area contributed by atoms with Gasteiger partial charge in [0, 0.05) is 5.56 Å². The number of ketones is 1. The molecular formula is C13H10O5. The second-order valence-electron chi connectivity index (χ2n) is 3.90. The first-order valence-electron chi connectivity index (χ1n) is 5.26. The molecule has 5 nitrogen and oxygen atoms in total. The van der Waals surface area contributed by atoms with Crippen LogP contribution in [0.5, 0.6) is 0 Å². The van der Waals surface area contributed by atoms with Gasteiger partial charge in [-0.1, -0.05) is 24.8 Å². The Labute approximate surface area is 103 Å². The Morgan fingerprint density at radius 2 is 1.89 bits per heavy atom. The van der Waals surface area contributed by atoms with Gasteiger partial charge in [-0.3, -0.25) is 4.79 Å². The van der Waals surface area contributed by atoms with Crippen LogP contribution in [0.3, 0.4) is 0 Å². The van der Waals surface area contributed by atoms with Crippen molar-refractivity contribution in [3.8, 4) is 0 Å². The van der Waals surface area contributed by atoms with Crippen molar-refractivity contribution in [3.05, 3.63) is 47.5 Å². The van der Waals surface area contributed by atoms with Crippen LogP contribution in [0.4, 0.5) is 0 Å². The Kier molecular flexibility index (Phi) is 2.97. The number of aliphatic carboxylic acids is 1. The van der Waals surface area contributed by atoms with Gasteiger partial charge in [-0.2, -0.15) is 0 Å². The van der Waals surface area contributed by atoms with Crippen LogP contribution in [0.1, 0.15) is 27.1 Å². The summed E-state index contributed by atoms with van der Waals surface area (Å²) in [6.07, 6.45) is -1.32. The maximum atomic E-state index is 11.9. The quantitative estimate of drug-likeness (QED) is 0.630. The first kappa shape index (κ1) is 12.0. The third-order valence-corrected chi connectivity index (χ3v) is 2.73. The van der Waals surface area contributed by atoms with Crippen LogP contribution in [0.25, 0.3) is 0 Å². The fraction of sp³-hybridized carbons (Fsp3) is 0.154. The Bertz CT molecular complexity index is 521. The minimum Gasteiger partial charge on any atom is -0.478 e. The van der Waals surface area contributed by atoms with Gasteiger partial charge in [0.25, 0.3) is 0 Å². The zero-order valence-corrected chi connectivity index (χ0v) is 9.38. The highest BCUT2D eigenvalue weighted by atomic mass is 16.5. The van der Waals surface area contributed by atoms with E-state index in [1.165, 1.54) is 12.1 Å². The number of fused-ring (bicyclic) bond motifs is 1. The van der Waals surface area contributed by atoms with Crippen LogP contribution in [0, 0.1) is 0 Å². The lowest BCUT2D eigenvalue weighted by Crippen LogP contribution is -2.23. The molecule has 0 saturated carbocycles. The molecule has 92 valence electrons. The molecule has 1 aliphatic heterocycles. The minimum atomic E-state index is -1.29. The van der Waals surface area contributed by atoms with Crippen LogP contribution in [0.2, 0.25) is 0 Å². The van der Waals surface area contributed by atoms with Crippen molar-refractivity contribution in [2.24, 2.45) is 0 Å². The standard InChI is InChI=1S/C13H10O5/c1-7(12(15)16)11-6-10(14)8-4-2-3-5-9(8)13(17)18-11/h2-5,11H,1,6H2,(H,15,16). The molecule has 0 radical (unpaired) electrons. The maximum Gasteiger partial charge on any atom is 0.339 e. The zero-order chi connectivity index (χ0) is 13.3. The summed E-state index contributed by atoms with van der Waals surface area (Å²) in [4.78, 5) is 34.5. The van der Waals surface area contributed by atoms with Crippen LogP contribution < -0.4 is 0 Å². The van der Waals surface area contributed by atoms with Gasteiger partial charge in [0.15, 0.2) is 5.78 Å². The van der Waals surface area contributed by atoms with Gasteiger partial charge in [0.2, 0.25) is 0 Å². The van der Waals surface area contributed by atoms with E-state index in [1.807, 2.05) is 0 Å². The van der Waals surface area contributed by atoms with Gasteiger partial charge >= 0.3 is 11.9 Å². The number of hydrogen-bond acceptors (Lipinski definition) is 4. The van der Waals surface area contributed by atoms with Crippen molar-refractivity contribution >= 4 is 17.7 Å². The first-order chi connectivity index (χ1) is 8.50. The van der Waals surface area contributed by atoms with Crippen molar-refractivity contribution in [3.63, 3.8) is 0 Å². The number of carbonyl (C=O) groups excluding carboxylic acids is 2. The molecule has 1 atom stereocenters. The summed E-state index contributed by atoms with van der Waals surface area (Å²) in [7, 11) is 0. The summed E-state index contributed by atoms with van der Waals surface area (Å²) in [5.74, 6) is -2.32. The number of carboxylic acids is 1. The predicted molar refractivity (Wildman–Crippen MR) is 61.4 cm³/mol. The summed E-state index contributed by atoms with van der Waals surface area (Å²) in [5, 5.41) is 8.81. The highest BCUT2D eigenvalue weighted by molar-refractivity contribution is 6.08. The van der Waals surface area contributed by atoms with Crippen molar-refractivity contribution in [2.45, 2.75) is 12.5 Å². The molecule has 5 heteroatoms. The van der Waals surface area contributed by atoms with Crippen LogP contribution in [0.15, 0.2) is 36.4 Å². The summed E-state index contributed by atoms with van der Waals surface area (Å²) in [5.41, 5.74) is 0.107. The molecule has 0 amide bonds. The molecule has 1 aromatic carbocycles. The van der Waals surface area contributed by atoms with Crippen LogP contribution in [-0.4, -0.2) is 28.9 Å². The molecule has 1 heterocycles. The number of ether oxygens (including phenoxy) is 1. The fourth-order valence-electron chi connectivity index (χ4n) is 1.75. The van der Waals surface area contributed by atoms with E-state index in [2.05, 4.69) is 6.58 Å². The number of hydrogen-bond donors (Lipinski definition) is 1. The first-order valence-corrected chi connectivity index (χ1v) is 5.26. The van der Waals surface area contributed by atoms with Gasteiger partial charge in [-0.05, 0) is 6.07 Å². The van der Waals surface area contributed by atoms with E-state index in [-0.39, 0.29) is 28.9 Å². The largest absolute Gasteiger partial charge is 0.478 e. The van der Waals surface area contributed by atoms with E-state index in [0.29, 0.717) is 0 Å². The maximum absolute atomic E-state index is 11.9. The molecule has 0 aromatic heterocycles. The monoisotopic (exact) mass is 246 g/mol. The number of cyclic esters (lactones) is 1. The molecule has 0 aliphatic carbocycles. The molecule has 0 fully saturated rings. The molecule has 18 heavy (non-hydrogen) atoms. The average Bonchev–Trinajstić information content (AvgIpc) is 2.47. The third-order valence-electron chi connectivity index (χ3n) is 2.73. The van der Waals surface area contributed by atoms with Gasteiger partial charge < -0.3 is 9.84 Å². The predicted octanol–water partition coefficient (Wildman–Crippen LogP) is 1.44. The molecule has 2 rings (SSSR count). The number of esters is 1. The lowest BCUT2D eigenvalue weighted by Gasteiger charge is -2.13. The Morgan fingerprint density at radius 3 is 2.50 bits per heavy atom. The van der Waals surface area contributed by atoms with E-state index < -0.39 is 18.0 Å². The van der Waals surface area contributed by atoms with Gasteiger partial charge in [0.1, 0.15) is 6.10 Å². The molecular weight excluding hydrogens is 236 g/mol. The van der Waals surface area contributed by atoms with E-state index in [1.54, 1.807) is 12.1 Å². The summed E-state index contributed by atoms with van der Waals surface area (Å²) < 4.78 is 4.99. The lowest BCUT2D eigenvalue weighted by molar-refractivity contribution is -0.133. The molecule has 1 aromatic rings. The summed E-state index contributed by atoms with van der Waals surface area (Å²) >= 11 is 0. The second-order valence-corrected chi connectivity index (χ2v) is 3.90. The van der Waals surface area contributed by atoms with Crippen molar-refractivity contribution in [1.29, 1.82) is 0 Å². The molecule has 0 saturated heterocycles. The summed E-state index contributed by atoms with van der Waals surface area (Å²) in [6.45, 7) is 3.32. The number of rotatable bonds is 2. The zero-order valence-electron chi connectivity index (χ0n) is 9.38. The normalized spacial score (nSPS) is 18.6. The smallest absolute Gasteiger partial charge is 0.339 e. The number of Topliss-reactive ketones (excluding diaryl/α,β-unsaturated/α-hetero) is 1. The van der Waals surface area contributed by atoms with Crippen molar-refractivity contribution in [2.75, 3.05) is 0 Å². The van der Waals surface area contributed by atoms with Crippen molar-refractivity contribution in [1.82, 2.24) is 0 Å². The van der Waals surface area contributed by atoms with Gasteiger partial charge in [-0.25, -0.2) is 9.59 Å². The fourth-order valence-corrected chi connectivity index (χ4v) is 1.75. The molecule has 0 spiro atoms. The highest BCUT2D eigenvalue weighted by Crippen LogP contribution is 2.23. The Hall–Kier alpha value is -2.43. The Morgan fingerprint density at radius 1 is 1.28 bits per heavy atom. The SMILES string of the molecule is C=C(C(=O)O)C1CC(=O)c2ccccc2C(=O)O1. The number of carbonyl (C=O) groups is 3. The highest BCUT2D eigenvalue weighted by Gasteiger charge is 2.32. The van der Waals surface area contributed by atoms with E-state index in [4.69, 9.17) is 9.84 Å². The minimum absolute atomic E-state index is 0.156. The number of carboxylic acid groups (broad SMARTS) is 1. The summed E-state index contributed by atoms with van der Waals surface area (Å²) in [6, 6.07) is 6.24. The molecule has 1 N–H and O–H groups in total. The van der Waals surface area contributed by atoms with E-state index in [9.17, 15) is 14.4 Å². The topological polar surface area (TPSA) is 80.7 Å². The molecule has 1 unspecified atom stereocenters. The van der Waals surface area contributed by atoms with Crippen LogP contribution >= 0.6 is 0 Å². The van der Waals surface area contributed by atoms with Gasteiger partial charge in [0.05, 0.1) is 17.6 Å². The average molecular weight is 246 g/mol.